The van der Waals surface area contributed by atoms with Crippen LogP contribution in [0.1, 0.15) is 17.5 Å². The van der Waals surface area contributed by atoms with Gasteiger partial charge < -0.3 is 0 Å². The highest BCUT2D eigenvalue weighted by molar-refractivity contribution is 9.10. The van der Waals surface area contributed by atoms with Crippen molar-refractivity contribution in [1.82, 2.24) is 9.61 Å². The number of thioether (sulfide) groups is 1. The summed E-state index contributed by atoms with van der Waals surface area (Å²) >= 11 is 5.37. The van der Waals surface area contributed by atoms with Gasteiger partial charge in [0.2, 0.25) is 0 Å². The van der Waals surface area contributed by atoms with Gasteiger partial charge in [-0.05, 0) is 52.4 Å². The first-order chi connectivity index (χ1) is 8.26. The first kappa shape index (κ1) is 12.5. The molecule has 0 fully saturated rings. The summed E-state index contributed by atoms with van der Waals surface area (Å²) < 4.78 is 2.71. The number of rotatable bonds is 4. The lowest BCUT2D eigenvalue weighted by molar-refractivity contribution is 0.886. The van der Waals surface area contributed by atoms with Crippen LogP contribution < -0.4 is 0 Å². The zero-order chi connectivity index (χ0) is 12.3. The minimum absolute atomic E-state index is 0.604. The van der Waals surface area contributed by atoms with Crippen molar-refractivity contribution in [1.29, 1.82) is 5.26 Å². The summed E-state index contributed by atoms with van der Waals surface area (Å²) in [5.74, 6) is 1.16. The topological polar surface area (TPSA) is 41.1 Å². The third kappa shape index (κ3) is 2.64. The van der Waals surface area contributed by atoms with Crippen LogP contribution in [0.5, 0.6) is 0 Å². The number of nitriles is 1. The van der Waals surface area contributed by atoms with Crippen molar-refractivity contribution in [3.8, 4) is 6.07 Å². The van der Waals surface area contributed by atoms with Gasteiger partial charge in [0, 0.05) is 10.7 Å². The van der Waals surface area contributed by atoms with E-state index in [1.807, 2.05) is 18.0 Å². The fourth-order valence-corrected chi connectivity index (χ4v) is 2.89. The Morgan fingerprint density at radius 1 is 1.59 bits per heavy atom. The molecule has 0 atom stereocenters. The monoisotopic (exact) mass is 309 g/mol. The molecule has 88 valence electrons. The predicted molar refractivity (Wildman–Crippen MR) is 74.3 cm³/mol. The molecule has 0 aliphatic carbocycles. The van der Waals surface area contributed by atoms with E-state index in [2.05, 4.69) is 39.4 Å². The summed E-state index contributed by atoms with van der Waals surface area (Å²) in [5, 5.41) is 13.2. The standard InChI is InChI=1S/C12H12BrN3S/c1-17-4-2-3-9-5-11(13)12-10(6-14)7-15-16(12)8-9/h5,7-8H,2-4H2,1H3. The second-order valence-corrected chi connectivity index (χ2v) is 5.60. The van der Waals surface area contributed by atoms with E-state index in [-0.39, 0.29) is 0 Å². The first-order valence-corrected chi connectivity index (χ1v) is 7.49. The maximum Gasteiger partial charge on any atom is 0.103 e. The summed E-state index contributed by atoms with van der Waals surface area (Å²) in [6.07, 6.45) is 7.92. The molecule has 0 aliphatic rings. The van der Waals surface area contributed by atoms with Crippen molar-refractivity contribution < 1.29 is 0 Å². The third-order valence-corrected chi connectivity index (χ3v) is 3.86. The minimum Gasteiger partial charge on any atom is -0.238 e. The van der Waals surface area contributed by atoms with E-state index in [1.54, 1.807) is 10.7 Å². The molecule has 0 saturated carbocycles. The predicted octanol–water partition coefficient (Wildman–Crippen LogP) is 3.26. The van der Waals surface area contributed by atoms with Crippen LogP contribution in [0.4, 0.5) is 0 Å². The van der Waals surface area contributed by atoms with E-state index in [9.17, 15) is 0 Å². The van der Waals surface area contributed by atoms with Crippen molar-refractivity contribution in [3.05, 3.63) is 34.1 Å². The minimum atomic E-state index is 0.604. The molecule has 5 heteroatoms. The lowest BCUT2D eigenvalue weighted by atomic mass is 10.1. The Kier molecular flexibility index (Phi) is 4.08. The average molecular weight is 310 g/mol. The molecule has 0 spiro atoms. The zero-order valence-corrected chi connectivity index (χ0v) is 11.9. The van der Waals surface area contributed by atoms with Crippen molar-refractivity contribution >= 4 is 33.2 Å². The Hall–Kier alpha value is -0.990. The van der Waals surface area contributed by atoms with Crippen molar-refractivity contribution in [3.63, 3.8) is 0 Å². The highest BCUT2D eigenvalue weighted by Crippen LogP contribution is 2.23. The number of nitrogens with zero attached hydrogens (tertiary/aromatic N) is 3. The summed E-state index contributed by atoms with van der Waals surface area (Å²) in [7, 11) is 0. The molecule has 0 N–H and O–H groups in total. The van der Waals surface area contributed by atoms with Crippen LogP contribution in [0.25, 0.3) is 5.52 Å². The van der Waals surface area contributed by atoms with Crippen LogP contribution >= 0.6 is 27.7 Å². The molecule has 0 aromatic carbocycles. The van der Waals surface area contributed by atoms with Crippen LogP contribution in [0, 0.1) is 11.3 Å². The van der Waals surface area contributed by atoms with Gasteiger partial charge in [0.15, 0.2) is 0 Å². The van der Waals surface area contributed by atoms with Gasteiger partial charge in [-0.1, -0.05) is 0 Å². The van der Waals surface area contributed by atoms with E-state index in [4.69, 9.17) is 5.26 Å². The molecule has 0 unspecified atom stereocenters. The number of aromatic nitrogens is 2. The lowest BCUT2D eigenvalue weighted by Crippen LogP contribution is -1.94. The molecule has 17 heavy (non-hydrogen) atoms. The van der Waals surface area contributed by atoms with E-state index in [0.717, 1.165) is 28.6 Å². The molecule has 2 aromatic rings. The number of hydrogen-bond acceptors (Lipinski definition) is 3. The summed E-state index contributed by atoms with van der Waals surface area (Å²) in [6.45, 7) is 0. The number of fused-ring (bicyclic) bond motifs is 1. The summed E-state index contributed by atoms with van der Waals surface area (Å²) in [6, 6.07) is 4.23. The van der Waals surface area contributed by atoms with Gasteiger partial charge in [-0.25, -0.2) is 4.52 Å². The highest BCUT2D eigenvalue weighted by Gasteiger charge is 2.08. The van der Waals surface area contributed by atoms with Crippen LogP contribution in [0.15, 0.2) is 22.9 Å². The molecule has 2 heterocycles. The molecule has 0 bridgehead atoms. The number of aryl methyl sites for hydroxylation is 1. The van der Waals surface area contributed by atoms with Crippen LogP contribution in [0.3, 0.4) is 0 Å². The van der Waals surface area contributed by atoms with E-state index in [0.29, 0.717) is 5.56 Å². The van der Waals surface area contributed by atoms with Crippen LogP contribution in [-0.2, 0) is 6.42 Å². The lowest BCUT2D eigenvalue weighted by Gasteiger charge is -2.04. The van der Waals surface area contributed by atoms with Crippen LogP contribution in [0.2, 0.25) is 0 Å². The van der Waals surface area contributed by atoms with Gasteiger partial charge in [-0.15, -0.1) is 0 Å². The molecule has 0 aliphatic heterocycles. The van der Waals surface area contributed by atoms with Crippen molar-refractivity contribution in [2.45, 2.75) is 12.8 Å². The SMILES string of the molecule is CSCCCc1cc(Br)c2c(C#N)cnn2c1. The highest BCUT2D eigenvalue weighted by atomic mass is 79.9. The zero-order valence-electron chi connectivity index (χ0n) is 9.48. The molecule has 3 nitrogen and oxygen atoms in total. The largest absolute Gasteiger partial charge is 0.238 e. The Morgan fingerprint density at radius 3 is 3.12 bits per heavy atom. The van der Waals surface area contributed by atoms with Gasteiger partial charge in [0.1, 0.15) is 6.07 Å². The fraction of sp³-hybridized carbons (Fsp3) is 0.333. The third-order valence-electron chi connectivity index (χ3n) is 2.56. The Morgan fingerprint density at radius 2 is 2.41 bits per heavy atom. The van der Waals surface area contributed by atoms with E-state index < -0.39 is 0 Å². The number of hydrogen-bond donors (Lipinski definition) is 0. The Labute approximate surface area is 113 Å². The number of halogens is 1. The molecule has 0 saturated heterocycles. The van der Waals surface area contributed by atoms with Gasteiger partial charge in [-0.2, -0.15) is 22.1 Å². The van der Waals surface area contributed by atoms with Crippen molar-refractivity contribution in [2.75, 3.05) is 12.0 Å². The second kappa shape index (κ2) is 5.56. The maximum atomic E-state index is 8.96. The molecular weight excluding hydrogens is 298 g/mol. The van der Waals surface area contributed by atoms with Gasteiger partial charge in [0.25, 0.3) is 0 Å². The number of pyridine rings is 1. The Bertz CT molecular complexity index is 571. The maximum absolute atomic E-state index is 8.96. The molecule has 2 aromatic heterocycles. The van der Waals surface area contributed by atoms with Crippen LogP contribution in [-0.4, -0.2) is 21.6 Å². The summed E-state index contributed by atoms with van der Waals surface area (Å²) in [4.78, 5) is 0. The fourth-order valence-electron chi connectivity index (χ4n) is 1.76. The van der Waals surface area contributed by atoms with E-state index in [1.165, 1.54) is 5.56 Å². The molecule has 0 amide bonds. The molecule has 2 rings (SSSR count). The quantitative estimate of drug-likeness (QED) is 0.814. The van der Waals surface area contributed by atoms with Gasteiger partial charge in [0.05, 0.1) is 17.3 Å². The van der Waals surface area contributed by atoms with E-state index >= 15 is 0 Å². The second-order valence-electron chi connectivity index (χ2n) is 3.76. The van der Waals surface area contributed by atoms with Gasteiger partial charge >= 0.3 is 0 Å². The summed E-state index contributed by atoms with van der Waals surface area (Å²) in [5.41, 5.74) is 2.69. The molecular formula is C12H12BrN3S. The smallest absolute Gasteiger partial charge is 0.103 e. The first-order valence-electron chi connectivity index (χ1n) is 5.31. The molecule has 0 radical (unpaired) electrons. The average Bonchev–Trinajstić information content (AvgIpc) is 2.73. The van der Waals surface area contributed by atoms with Crippen molar-refractivity contribution in [2.24, 2.45) is 0 Å². The Balaban J connectivity index is 2.33. The normalized spacial score (nSPS) is 10.6. The van der Waals surface area contributed by atoms with Gasteiger partial charge in [-0.3, -0.25) is 0 Å².